The molecule has 0 amide bonds. The maximum atomic E-state index is 6.45. The molecule has 0 fully saturated rings. The first-order chi connectivity index (χ1) is 13.9. The van der Waals surface area contributed by atoms with Crippen LogP contribution in [0.15, 0.2) is 34.9 Å². The van der Waals surface area contributed by atoms with Gasteiger partial charge in [0.1, 0.15) is 13.6 Å². The molecule has 2 bridgehead atoms. The Morgan fingerprint density at radius 2 is 1.66 bits per heavy atom. The zero-order valence-corrected chi connectivity index (χ0v) is 19.6. The van der Waals surface area contributed by atoms with Gasteiger partial charge in [0.2, 0.25) is 0 Å². The Balaban J connectivity index is 2.46. The van der Waals surface area contributed by atoms with Crippen molar-refractivity contribution in [2.24, 2.45) is 11.3 Å². The third-order valence-corrected chi connectivity index (χ3v) is 6.60. The van der Waals surface area contributed by atoms with Gasteiger partial charge in [0.15, 0.2) is 0 Å². The molecule has 0 aromatic heterocycles. The lowest BCUT2D eigenvalue weighted by Crippen LogP contribution is -2.52. The normalized spacial score (nSPS) is 35.2. The lowest BCUT2D eigenvalue weighted by atomic mass is 9.66. The maximum Gasteiger partial charge on any atom is 0.146 e. The first kappa shape index (κ1) is 24.6. The number of fused-ring (bicyclic) bond motifs is 8. The molecule has 0 heterocycles. The van der Waals surface area contributed by atoms with Crippen molar-refractivity contribution < 1.29 is 18.9 Å². The van der Waals surface area contributed by atoms with E-state index in [0.29, 0.717) is 5.88 Å². The van der Waals surface area contributed by atoms with Crippen LogP contribution >= 0.6 is 11.6 Å². The Morgan fingerprint density at radius 3 is 2.34 bits per heavy atom. The molecule has 4 nitrogen and oxygen atoms in total. The van der Waals surface area contributed by atoms with Crippen LogP contribution < -0.4 is 0 Å². The van der Waals surface area contributed by atoms with E-state index in [1.165, 1.54) is 16.7 Å². The molecule has 0 radical (unpaired) electrons. The zero-order valence-electron chi connectivity index (χ0n) is 18.8. The molecule has 5 heteroatoms. The number of hydrogen-bond donors (Lipinski definition) is 0. The lowest BCUT2D eigenvalue weighted by Gasteiger charge is -2.47. The summed E-state index contributed by atoms with van der Waals surface area (Å²) in [6.45, 7) is 7.22. The SMILES string of the molecule is COCO[C@@H]1[C@@H]2CC/C(C)=C\CC/C(C)=C\CC[C@](C)(C=C2CCl)[C@@H]1OCOC. The van der Waals surface area contributed by atoms with E-state index in [-0.39, 0.29) is 37.1 Å². The van der Waals surface area contributed by atoms with Crippen molar-refractivity contribution >= 4 is 11.6 Å². The Bertz CT molecular complexity index is 598. The van der Waals surface area contributed by atoms with Crippen molar-refractivity contribution in [3.05, 3.63) is 34.9 Å². The molecule has 0 spiro atoms. The number of methoxy groups -OCH3 is 2. The quantitative estimate of drug-likeness (QED) is 0.283. The van der Waals surface area contributed by atoms with Crippen molar-refractivity contribution in [2.75, 3.05) is 33.7 Å². The minimum absolute atomic E-state index is 0.115. The van der Waals surface area contributed by atoms with Gasteiger partial charge in [-0.15, -0.1) is 11.6 Å². The van der Waals surface area contributed by atoms with E-state index in [1.54, 1.807) is 14.2 Å². The number of rotatable bonds is 7. The van der Waals surface area contributed by atoms with Gasteiger partial charge in [-0.2, -0.15) is 0 Å². The van der Waals surface area contributed by atoms with Gasteiger partial charge < -0.3 is 18.9 Å². The number of hydrogen-bond acceptors (Lipinski definition) is 4. The topological polar surface area (TPSA) is 36.9 Å². The van der Waals surface area contributed by atoms with Crippen LogP contribution in [0.3, 0.4) is 0 Å². The second-order valence-corrected chi connectivity index (χ2v) is 8.98. The van der Waals surface area contributed by atoms with Crippen LogP contribution in [0.25, 0.3) is 0 Å². The second kappa shape index (κ2) is 12.3. The van der Waals surface area contributed by atoms with Crippen LogP contribution in [0.5, 0.6) is 0 Å². The third-order valence-electron chi connectivity index (χ3n) is 6.29. The van der Waals surface area contributed by atoms with Gasteiger partial charge in [-0.05, 0) is 52.4 Å². The predicted octanol–water partition coefficient (Wildman–Crippen LogP) is 6.01. The van der Waals surface area contributed by atoms with Gasteiger partial charge in [-0.1, -0.05) is 41.9 Å². The Hall–Kier alpha value is -0.650. The highest BCUT2D eigenvalue weighted by Crippen LogP contribution is 2.46. The molecule has 4 atom stereocenters. The van der Waals surface area contributed by atoms with Crippen molar-refractivity contribution in [1.82, 2.24) is 0 Å². The van der Waals surface area contributed by atoms with Crippen molar-refractivity contribution in [3.8, 4) is 0 Å². The summed E-state index contributed by atoms with van der Waals surface area (Å²) in [5.41, 5.74) is 3.96. The largest absolute Gasteiger partial charge is 0.359 e. The number of ether oxygens (including phenoxy) is 4. The molecule has 3 aliphatic carbocycles. The highest BCUT2D eigenvalue weighted by Gasteiger charge is 2.47. The summed E-state index contributed by atoms with van der Waals surface area (Å²) in [6, 6.07) is 0. The van der Waals surface area contributed by atoms with Crippen LogP contribution in [0.1, 0.15) is 59.3 Å². The fourth-order valence-corrected chi connectivity index (χ4v) is 4.93. The fourth-order valence-electron chi connectivity index (χ4n) is 4.65. The van der Waals surface area contributed by atoms with Crippen LogP contribution in [0, 0.1) is 11.3 Å². The van der Waals surface area contributed by atoms with Gasteiger partial charge in [0.05, 0.1) is 12.2 Å². The molecule has 0 aliphatic heterocycles. The highest BCUT2D eigenvalue weighted by molar-refractivity contribution is 6.19. The van der Waals surface area contributed by atoms with Gasteiger partial charge >= 0.3 is 0 Å². The van der Waals surface area contributed by atoms with E-state index in [4.69, 9.17) is 30.5 Å². The van der Waals surface area contributed by atoms with Crippen molar-refractivity contribution in [3.63, 3.8) is 0 Å². The van der Waals surface area contributed by atoms with Gasteiger partial charge in [0.25, 0.3) is 0 Å². The molecule has 0 N–H and O–H groups in total. The zero-order chi connectivity index (χ0) is 21.3. The second-order valence-electron chi connectivity index (χ2n) is 8.71. The van der Waals surface area contributed by atoms with Crippen molar-refractivity contribution in [2.45, 2.75) is 71.5 Å². The summed E-state index contributed by atoms with van der Waals surface area (Å²) in [7, 11) is 3.32. The van der Waals surface area contributed by atoms with Gasteiger partial charge in [0, 0.05) is 31.4 Å². The first-order valence-corrected chi connectivity index (χ1v) is 11.3. The summed E-state index contributed by atoms with van der Waals surface area (Å²) in [6.07, 6.45) is 13.1. The third kappa shape index (κ3) is 6.93. The highest BCUT2D eigenvalue weighted by atomic mass is 35.5. The predicted molar refractivity (Wildman–Crippen MR) is 119 cm³/mol. The molecule has 0 saturated carbocycles. The summed E-state index contributed by atoms with van der Waals surface area (Å²) >= 11 is 6.45. The molecular formula is C24H39ClO4. The standard InChI is InChI=1S/C24H39ClO4/c1-18-8-6-9-19(2)11-12-21-20(15-25)14-24(3,13-7-10-18)23(29-17-27-5)22(21)28-16-26-4/h9-10,14,21-23H,6-8,11-13,15-17H2,1-5H3/b18-10-,19-9-/t21-,22-,23-,24-/m1/s1. The van der Waals surface area contributed by atoms with E-state index in [1.807, 2.05) is 0 Å². The first-order valence-electron chi connectivity index (χ1n) is 10.7. The molecular weight excluding hydrogens is 388 g/mol. The monoisotopic (exact) mass is 426 g/mol. The summed E-state index contributed by atoms with van der Waals surface area (Å²) in [4.78, 5) is 0. The van der Waals surface area contributed by atoms with Gasteiger partial charge in [-0.3, -0.25) is 0 Å². The minimum Gasteiger partial charge on any atom is -0.359 e. The van der Waals surface area contributed by atoms with Crippen LogP contribution in [-0.4, -0.2) is 45.9 Å². The summed E-state index contributed by atoms with van der Waals surface area (Å²) < 4.78 is 23.1. The van der Waals surface area contributed by atoms with Gasteiger partial charge in [-0.25, -0.2) is 0 Å². The average Bonchev–Trinajstić information content (AvgIpc) is 2.69. The van der Waals surface area contributed by atoms with E-state index < -0.39 is 0 Å². The van der Waals surface area contributed by atoms with Crippen molar-refractivity contribution in [1.29, 1.82) is 0 Å². The molecule has 3 aliphatic rings. The number of allylic oxidation sites excluding steroid dienone is 4. The minimum atomic E-state index is -0.177. The molecule has 0 unspecified atom stereocenters. The van der Waals surface area contributed by atoms with E-state index in [0.717, 1.165) is 38.5 Å². The fraction of sp³-hybridized carbons (Fsp3) is 0.750. The van der Waals surface area contributed by atoms with Crippen LogP contribution in [0.4, 0.5) is 0 Å². The molecule has 3 rings (SSSR count). The molecule has 0 aromatic carbocycles. The molecule has 0 saturated heterocycles. The molecule has 29 heavy (non-hydrogen) atoms. The lowest BCUT2D eigenvalue weighted by molar-refractivity contribution is -0.199. The van der Waals surface area contributed by atoms with E-state index in [2.05, 4.69) is 39.0 Å². The van der Waals surface area contributed by atoms with E-state index >= 15 is 0 Å². The van der Waals surface area contributed by atoms with Crippen LogP contribution in [0.2, 0.25) is 0 Å². The Labute approximate surface area is 182 Å². The maximum absolute atomic E-state index is 6.45. The average molecular weight is 427 g/mol. The summed E-state index contributed by atoms with van der Waals surface area (Å²) in [5, 5.41) is 0. The molecule has 0 aromatic rings. The summed E-state index contributed by atoms with van der Waals surface area (Å²) in [5.74, 6) is 0.725. The van der Waals surface area contributed by atoms with E-state index in [9.17, 15) is 0 Å². The Morgan fingerprint density at radius 1 is 1.00 bits per heavy atom. The Kier molecular flexibility index (Phi) is 10.4. The van der Waals surface area contributed by atoms with Crippen LogP contribution in [-0.2, 0) is 18.9 Å². The number of alkyl halides is 1. The smallest absolute Gasteiger partial charge is 0.146 e. The number of halogens is 1. The molecule has 166 valence electrons.